The molecule has 1 rings (SSSR count). The van der Waals surface area contributed by atoms with Crippen LogP contribution in [-0.4, -0.2) is 75.4 Å². The summed E-state index contributed by atoms with van der Waals surface area (Å²) in [5, 5.41) is 0. The van der Waals surface area contributed by atoms with Gasteiger partial charge in [-0.3, -0.25) is 4.79 Å². The van der Waals surface area contributed by atoms with Crippen LogP contribution in [0.25, 0.3) is 0 Å². The highest BCUT2D eigenvalue weighted by molar-refractivity contribution is 5.75. The molecule has 0 atom stereocenters. The van der Waals surface area contributed by atoms with Crippen molar-refractivity contribution in [2.24, 2.45) is 10.8 Å². The normalized spacial score (nSPS) is 21.0. The molecule has 0 unspecified atom stereocenters. The van der Waals surface area contributed by atoms with Gasteiger partial charge in [-0.25, -0.2) is 0 Å². The van der Waals surface area contributed by atoms with E-state index in [2.05, 4.69) is 41.9 Å². The van der Waals surface area contributed by atoms with Crippen LogP contribution in [0.5, 0.6) is 0 Å². The number of carbonyl (C=O) groups excluding carboxylic acids is 1. The summed E-state index contributed by atoms with van der Waals surface area (Å²) in [6.07, 6.45) is 1.81. The summed E-state index contributed by atoms with van der Waals surface area (Å²) in [6.45, 7) is 17.1. The predicted octanol–water partition coefficient (Wildman–Crippen LogP) is 2.92. The third-order valence-corrected chi connectivity index (χ3v) is 5.09. The molecule has 1 fully saturated rings. The number of quaternary nitrogens is 2. The van der Waals surface area contributed by atoms with Gasteiger partial charge in [-0.05, 0) is 25.7 Å². The topological polar surface area (TPSA) is 26.3 Å². The van der Waals surface area contributed by atoms with Crippen molar-refractivity contribution >= 4 is 5.97 Å². The van der Waals surface area contributed by atoms with Crippen LogP contribution in [0.4, 0.5) is 0 Å². The number of likely N-dealkylation sites (N-methyl/N-ethyl adjacent to an activating group) is 2. The lowest BCUT2D eigenvalue weighted by atomic mass is 9.76. The average molecular weight is 329 g/mol. The van der Waals surface area contributed by atoms with Gasteiger partial charge in [0.1, 0.15) is 26.2 Å². The highest BCUT2D eigenvalue weighted by atomic mass is 16.5. The summed E-state index contributed by atoms with van der Waals surface area (Å²) in [7, 11) is 6.95. The summed E-state index contributed by atoms with van der Waals surface area (Å²) in [5.41, 5.74) is -0.261. The lowest BCUT2D eigenvalue weighted by Gasteiger charge is -2.44. The predicted molar refractivity (Wildman–Crippen MR) is 96.1 cm³/mol. The molecule has 0 amide bonds. The minimum Gasteiger partial charge on any atom is -0.465 e. The van der Waals surface area contributed by atoms with Crippen molar-refractivity contribution in [3.8, 4) is 0 Å². The maximum Gasteiger partial charge on any atom is 0.311 e. The second kappa shape index (κ2) is 7.10. The van der Waals surface area contributed by atoms with Crippen molar-refractivity contribution in [3.63, 3.8) is 0 Å². The molecule has 0 saturated carbocycles. The summed E-state index contributed by atoms with van der Waals surface area (Å²) in [6, 6.07) is 0. The number of hydrogen-bond acceptors (Lipinski definition) is 2. The first kappa shape index (κ1) is 20.4. The highest BCUT2D eigenvalue weighted by Gasteiger charge is 2.35. The zero-order chi connectivity index (χ0) is 17.9. The Morgan fingerprint density at radius 1 is 0.957 bits per heavy atom. The van der Waals surface area contributed by atoms with E-state index in [4.69, 9.17) is 4.74 Å². The summed E-state index contributed by atoms with van der Waals surface area (Å²) >= 11 is 0. The minimum atomic E-state index is -0.399. The molecule has 0 aromatic rings. The smallest absolute Gasteiger partial charge is 0.311 e. The van der Waals surface area contributed by atoms with Crippen molar-refractivity contribution < 1.29 is 18.5 Å². The summed E-state index contributed by atoms with van der Waals surface area (Å²) in [5.74, 6) is -0.0495. The van der Waals surface area contributed by atoms with Gasteiger partial charge in [-0.15, -0.1) is 0 Å². The first-order chi connectivity index (χ1) is 10.2. The average Bonchev–Trinajstić information content (AvgIpc) is 2.36. The van der Waals surface area contributed by atoms with Gasteiger partial charge in [0.15, 0.2) is 0 Å². The first-order valence-corrected chi connectivity index (χ1v) is 9.08. The maximum atomic E-state index is 12.3. The Morgan fingerprint density at radius 2 is 1.48 bits per heavy atom. The van der Waals surface area contributed by atoms with Gasteiger partial charge in [0.05, 0.1) is 39.7 Å². The maximum absolute atomic E-state index is 12.3. The molecule has 4 nitrogen and oxygen atoms in total. The molecule has 0 spiro atoms. The van der Waals surface area contributed by atoms with Crippen LogP contribution in [-0.2, 0) is 9.53 Å². The second-order valence-corrected chi connectivity index (χ2v) is 10.3. The largest absolute Gasteiger partial charge is 0.465 e. The van der Waals surface area contributed by atoms with Crippen LogP contribution in [0.15, 0.2) is 0 Å². The molecule has 0 bridgehead atoms. The number of ether oxygens (including phenoxy) is 1. The van der Waals surface area contributed by atoms with E-state index in [1.54, 1.807) is 0 Å². The minimum absolute atomic E-state index is 0.0495. The van der Waals surface area contributed by atoms with E-state index in [-0.39, 0.29) is 11.4 Å². The fourth-order valence-corrected chi connectivity index (χ4v) is 3.68. The fraction of sp³-hybridized carbons (Fsp3) is 0.947. The van der Waals surface area contributed by atoms with Crippen molar-refractivity contribution in [1.29, 1.82) is 0 Å². The van der Waals surface area contributed by atoms with Crippen molar-refractivity contribution in [1.82, 2.24) is 0 Å². The first-order valence-electron chi connectivity index (χ1n) is 9.08. The number of piperazine rings is 1. The molecule has 1 aliphatic rings. The number of hydrogen-bond donors (Lipinski definition) is 0. The number of esters is 1. The SMILES string of the molecule is CC(C)(C)CC(C)(C)C(=O)OCCC[N+]1(C)CC[N+](C)(C)CC1. The molecule has 0 aliphatic carbocycles. The number of nitrogens with zero attached hydrogens (tertiary/aromatic N) is 2. The van der Waals surface area contributed by atoms with E-state index in [9.17, 15) is 4.79 Å². The molecule has 0 N–H and O–H groups in total. The Morgan fingerprint density at radius 3 is 1.96 bits per heavy atom. The summed E-state index contributed by atoms with van der Waals surface area (Å²) in [4.78, 5) is 12.3. The van der Waals surface area contributed by atoms with Gasteiger partial charge in [0, 0.05) is 6.42 Å². The van der Waals surface area contributed by atoms with E-state index in [0.29, 0.717) is 6.61 Å². The van der Waals surface area contributed by atoms with Crippen molar-refractivity contribution in [3.05, 3.63) is 0 Å². The van der Waals surface area contributed by atoms with Crippen LogP contribution in [0, 0.1) is 10.8 Å². The number of rotatable bonds is 6. The molecule has 4 heteroatoms. The Labute approximate surface area is 144 Å². The molecule has 1 aliphatic heterocycles. The van der Waals surface area contributed by atoms with Gasteiger partial charge in [-0.1, -0.05) is 20.8 Å². The Hall–Kier alpha value is -0.610. The lowest BCUT2D eigenvalue weighted by Crippen LogP contribution is -2.62. The monoisotopic (exact) mass is 328 g/mol. The van der Waals surface area contributed by atoms with Crippen LogP contribution >= 0.6 is 0 Å². The van der Waals surface area contributed by atoms with Gasteiger partial charge in [0.25, 0.3) is 0 Å². The zero-order valence-corrected chi connectivity index (χ0v) is 16.9. The fourth-order valence-electron chi connectivity index (χ4n) is 3.68. The second-order valence-electron chi connectivity index (χ2n) is 10.3. The van der Waals surface area contributed by atoms with Crippen LogP contribution in [0.2, 0.25) is 0 Å². The summed E-state index contributed by atoms with van der Waals surface area (Å²) < 4.78 is 7.82. The van der Waals surface area contributed by atoms with E-state index in [1.165, 1.54) is 26.2 Å². The quantitative estimate of drug-likeness (QED) is 0.426. The molecule has 136 valence electrons. The van der Waals surface area contributed by atoms with Gasteiger partial charge < -0.3 is 13.7 Å². The van der Waals surface area contributed by atoms with Crippen LogP contribution in [0.1, 0.15) is 47.5 Å². The van der Waals surface area contributed by atoms with E-state index >= 15 is 0 Å². The lowest BCUT2D eigenvalue weighted by molar-refractivity contribution is -1.01. The molecule has 23 heavy (non-hydrogen) atoms. The van der Waals surface area contributed by atoms with Crippen molar-refractivity contribution in [2.75, 3.05) is 60.5 Å². The molecular formula is C19H40N2O2+2. The standard InChI is InChI=1S/C19H40N2O2/c1-18(2,3)16-19(4,5)17(22)23-15-9-10-21(8)13-11-20(6,7)12-14-21/h9-16H2,1-8H3/q+2. The Bertz CT molecular complexity index is 398. The molecule has 0 aromatic heterocycles. The molecule has 1 heterocycles. The third kappa shape index (κ3) is 7.21. The van der Waals surface area contributed by atoms with Gasteiger partial charge in [0.2, 0.25) is 0 Å². The van der Waals surface area contributed by atoms with Crippen LogP contribution in [0.3, 0.4) is 0 Å². The Kier molecular flexibility index (Phi) is 6.31. The zero-order valence-electron chi connectivity index (χ0n) is 16.9. The van der Waals surface area contributed by atoms with Gasteiger partial charge >= 0.3 is 5.97 Å². The molecule has 1 saturated heterocycles. The van der Waals surface area contributed by atoms with E-state index in [0.717, 1.165) is 28.4 Å². The third-order valence-electron chi connectivity index (χ3n) is 5.09. The van der Waals surface area contributed by atoms with E-state index < -0.39 is 5.41 Å². The molecular weight excluding hydrogens is 288 g/mol. The molecule has 0 radical (unpaired) electrons. The van der Waals surface area contributed by atoms with Crippen molar-refractivity contribution in [2.45, 2.75) is 47.5 Å². The highest BCUT2D eigenvalue weighted by Crippen LogP contribution is 2.34. The molecule has 0 aromatic carbocycles. The Balaban J connectivity index is 2.33. The van der Waals surface area contributed by atoms with Crippen LogP contribution < -0.4 is 0 Å². The van der Waals surface area contributed by atoms with Gasteiger partial charge in [-0.2, -0.15) is 0 Å². The number of carbonyl (C=O) groups is 1. The van der Waals surface area contributed by atoms with E-state index in [1.807, 2.05) is 13.8 Å².